The maximum absolute atomic E-state index is 12.6. The lowest BCUT2D eigenvalue weighted by molar-refractivity contribution is -0.124. The summed E-state index contributed by atoms with van der Waals surface area (Å²) in [6.45, 7) is 1.70. The SMILES string of the molecule is CC(N)CCC(=O)NCC(=O)Nc1ccc(F)cc1.Cl. The highest BCUT2D eigenvalue weighted by atomic mass is 35.5. The second-order valence-electron chi connectivity index (χ2n) is 4.35. The van der Waals surface area contributed by atoms with Gasteiger partial charge in [-0.1, -0.05) is 0 Å². The molecule has 7 heteroatoms. The molecule has 20 heavy (non-hydrogen) atoms. The van der Waals surface area contributed by atoms with Crippen LogP contribution in [0, 0.1) is 5.82 Å². The van der Waals surface area contributed by atoms with E-state index in [4.69, 9.17) is 5.73 Å². The molecule has 0 saturated carbocycles. The molecular weight excluding hydrogens is 285 g/mol. The molecule has 0 aliphatic heterocycles. The van der Waals surface area contributed by atoms with Crippen molar-refractivity contribution in [3.05, 3.63) is 30.1 Å². The molecule has 1 unspecified atom stereocenters. The molecule has 0 fully saturated rings. The fraction of sp³-hybridized carbons (Fsp3) is 0.385. The lowest BCUT2D eigenvalue weighted by Crippen LogP contribution is -2.33. The Labute approximate surface area is 123 Å². The van der Waals surface area contributed by atoms with Gasteiger partial charge in [-0.05, 0) is 37.6 Å². The van der Waals surface area contributed by atoms with Crippen molar-refractivity contribution >= 4 is 29.9 Å². The third-order valence-electron chi connectivity index (χ3n) is 2.40. The zero-order valence-corrected chi connectivity index (χ0v) is 12.0. The molecular formula is C13H19ClFN3O2. The molecule has 0 heterocycles. The van der Waals surface area contributed by atoms with Crippen LogP contribution in [0.5, 0.6) is 0 Å². The van der Waals surface area contributed by atoms with Gasteiger partial charge in [0, 0.05) is 18.2 Å². The monoisotopic (exact) mass is 303 g/mol. The van der Waals surface area contributed by atoms with Crippen molar-refractivity contribution in [3.63, 3.8) is 0 Å². The summed E-state index contributed by atoms with van der Waals surface area (Å²) in [6.07, 6.45) is 0.868. The lowest BCUT2D eigenvalue weighted by Gasteiger charge is -2.08. The zero-order valence-electron chi connectivity index (χ0n) is 11.2. The Bertz CT molecular complexity index is 438. The number of amides is 2. The van der Waals surface area contributed by atoms with E-state index < -0.39 is 0 Å². The first-order valence-electron chi connectivity index (χ1n) is 6.05. The van der Waals surface area contributed by atoms with Crippen molar-refractivity contribution in [2.24, 2.45) is 5.73 Å². The fourth-order valence-electron chi connectivity index (χ4n) is 1.36. The Hall–Kier alpha value is -1.66. The summed E-state index contributed by atoms with van der Waals surface area (Å²) in [6, 6.07) is 5.35. The van der Waals surface area contributed by atoms with Crippen LogP contribution in [0.1, 0.15) is 19.8 Å². The van der Waals surface area contributed by atoms with Gasteiger partial charge < -0.3 is 16.4 Å². The normalized spacial score (nSPS) is 11.2. The predicted molar refractivity (Wildman–Crippen MR) is 78.2 cm³/mol. The number of nitrogens with one attached hydrogen (secondary N) is 2. The van der Waals surface area contributed by atoms with Crippen molar-refractivity contribution in [2.45, 2.75) is 25.8 Å². The van der Waals surface area contributed by atoms with Crippen LogP contribution in [0.4, 0.5) is 10.1 Å². The summed E-state index contributed by atoms with van der Waals surface area (Å²) in [4.78, 5) is 22.8. The number of carbonyl (C=O) groups excluding carboxylic acids is 2. The molecule has 1 aromatic carbocycles. The minimum atomic E-state index is -0.373. The van der Waals surface area contributed by atoms with Crippen molar-refractivity contribution < 1.29 is 14.0 Å². The highest BCUT2D eigenvalue weighted by molar-refractivity contribution is 5.94. The number of hydrogen-bond donors (Lipinski definition) is 3. The van der Waals surface area contributed by atoms with Crippen molar-refractivity contribution in [1.82, 2.24) is 5.32 Å². The molecule has 4 N–H and O–H groups in total. The van der Waals surface area contributed by atoms with Gasteiger partial charge in [-0.25, -0.2) is 4.39 Å². The number of halogens is 2. The van der Waals surface area contributed by atoms with Crippen LogP contribution in [-0.2, 0) is 9.59 Å². The number of hydrogen-bond acceptors (Lipinski definition) is 3. The minimum absolute atomic E-state index is 0. The Kier molecular flexibility index (Phi) is 8.51. The average Bonchev–Trinajstić information content (AvgIpc) is 2.36. The maximum atomic E-state index is 12.6. The molecule has 0 saturated heterocycles. The van der Waals surface area contributed by atoms with Crippen LogP contribution in [0.2, 0.25) is 0 Å². The number of rotatable bonds is 6. The Morgan fingerprint density at radius 3 is 2.40 bits per heavy atom. The standard InChI is InChI=1S/C13H18FN3O2.ClH/c1-9(15)2-7-12(18)16-8-13(19)17-11-5-3-10(14)4-6-11;/h3-6,9H,2,7-8,15H2,1H3,(H,16,18)(H,17,19);1H. The van der Waals surface area contributed by atoms with Gasteiger partial charge in [0.25, 0.3) is 0 Å². The van der Waals surface area contributed by atoms with E-state index in [1.165, 1.54) is 24.3 Å². The molecule has 0 aromatic heterocycles. The molecule has 2 amide bonds. The number of benzene rings is 1. The maximum Gasteiger partial charge on any atom is 0.243 e. The summed E-state index contributed by atoms with van der Waals surface area (Å²) in [7, 11) is 0. The number of anilines is 1. The molecule has 0 aliphatic rings. The summed E-state index contributed by atoms with van der Waals surface area (Å²) < 4.78 is 12.6. The van der Waals surface area contributed by atoms with E-state index in [1.54, 1.807) is 0 Å². The van der Waals surface area contributed by atoms with Crippen molar-refractivity contribution in [2.75, 3.05) is 11.9 Å². The van der Waals surface area contributed by atoms with Gasteiger partial charge in [-0.3, -0.25) is 9.59 Å². The van der Waals surface area contributed by atoms with Gasteiger partial charge in [0.15, 0.2) is 0 Å². The molecule has 1 rings (SSSR count). The van der Waals surface area contributed by atoms with E-state index in [9.17, 15) is 14.0 Å². The quantitative estimate of drug-likeness (QED) is 0.743. The van der Waals surface area contributed by atoms with Crippen molar-refractivity contribution in [3.8, 4) is 0 Å². The largest absolute Gasteiger partial charge is 0.347 e. The third-order valence-corrected chi connectivity index (χ3v) is 2.40. The molecule has 0 bridgehead atoms. The Morgan fingerprint density at radius 1 is 1.25 bits per heavy atom. The van der Waals surface area contributed by atoms with Gasteiger partial charge in [-0.15, -0.1) is 12.4 Å². The van der Waals surface area contributed by atoms with Gasteiger partial charge in [-0.2, -0.15) is 0 Å². The highest BCUT2D eigenvalue weighted by Gasteiger charge is 2.07. The topological polar surface area (TPSA) is 84.2 Å². The van der Waals surface area contributed by atoms with E-state index in [0.29, 0.717) is 18.5 Å². The van der Waals surface area contributed by atoms with Crippen LogP contribution in [-0.4, -0.2) is 24.4 Å². The summed E-state index contributed by atoms with van der Waals surface area (Å²) in [5.74, 6) is -0.950. The lowest BCUT2D eigenvalue weighted by atomic mass is 10.2. The van der Waals surface area contributed by atoms with Crippen LogP contribution in [0.25, 0.3) is 0 Å². The van der Waals surface area contributed by atoms with Crippen molar-refractivity contribution in [1.29, 1.82) is 0 Å². The summed E-state index contributed by atoms with van der Waals surface area (Å²) in [5.41, 5.74) is 6.00. The van der Waals surface area contributed by atoms with Crippen LogP contribution < -0.4 is 16.4 Å². The van der Waals surface area contributed by atoms with Crippen LogP contribution in [0.15, 0.2) is 24.3 Å². The van der Waals surface area contributed by atoms with E-state index in [2.05, 4.69) is 10.6 Å². The number of nitrogens with two attached hydrogens (primary N) is 1. The van der Waals surface area contributed by atoms with Crippen LogP contribution in [0.3, 0.4) is 0 Å². The fourth-order valence-corrected chi connectivity index (χ4v) is 1.36. The summed E-state index contributed by atoms with van der Waals surface area (Å²) >= 11 is 0. The second-order valence-corrected chi connectivity index (χ2v) is 4.35. The van der Waals surface area contributed by atoms with Crippen LogP contribution >= 0.6 is 12.4 Å². The summed E-state index contributed by atoms with van der Waals surface area (Å²) in [5, 5.41) is 5.03. The van der Waals surface area contributed by atoms with E-state index in [-0.39, 0.29) is 42.6 Å². The van der Waals surface area contributed by atoms with Gasteiger partial charge in [0.2, 0.25) is 11.8 Å². The molecule has 1 atom stereocenters. The molecule has 0 aliphatic carbocycles. The molecule has 0 radical (unpaired) electrons. The molecule has 0 spiro atoms. The minimum Gasteiger partial charge on any atom is -0.347 e. The van der Waals surface area contributed by atoms with Gasteiger partial charge in [0.1, 0.15) is 5.82 Å². The molecule has 112 valence electrons. The first kappa shape index (κ1) is 18.3. The molecule has 1 aromatic rings. The first-order valence-corrected chi connectivity index (χ1v) is 6.05. The zero-order chi connectivity index (χ0) is 14.3. The molecule has 5 nitrogen and oxygen atoms in total. The average molecular weight is 304 g/mol. The van der Waals surface area contributed by atoms with E-state index >= 15 is 0 Å². The Balaban J connectivity index is 0.00000361. The van der Waals surface area contributed by atoms with E-state index in [0.717, 1.165) is 0 Å². The third kappa shape index (κ3) is 7.70. The van der Waals surface area contributed by atoms with Gasteiger partial charge >= 0.3 is 0 Å². The van der Waals surface area contributed by atoms with Gasteiger partial charge in [0.05, 0.1) is 6.54 Å². The smallest absolute Gasteiger partial charge is 0.243 e. The Morgan fingerprint density at radius 2 is 1.85 bits per heavy atom. The first-order chi connectivity index (χ1) is 8.97. The highest BCUT2D eigenvalue weighted by Crippen LogP contribution is 2.07. The van der Waals surface area contributed by atoms with E-state index in [1.807, 2.05) is 6.92 Å². The second kappa shape index (κ2) is 9.28. The number of carbonyl (C=O) groups is 2. The predicted octanol–water partition coefficient (Wildman–Crippen LogP) is 1.43.